The normalized spacial score (nSPS) is 12.1. The fourth-order valence-electron chi connectivity index (χ4n) is 3.79. The van der Waals surface area contributed by atoms with Gasteiger partial charge in [-0.25, -0.2) is 0 Å². The van der Waals surface area contributed by atoms with Crippen LogP contribution in [0.5, 0.6) is 0 Å². The molecule has 0 fully saturated rings. The standard InChI is InChI=1S/C26H42N2O4S.2Na.2H/c1-2-3-4-5-6-7-8-11-20-14-16-21(17-15-20)23(26(31)32)13-10-9-12-22(29)18-28-25(30)24(27)19-33;;;;/h14-17,23-24,33H,2-13,18-19,27H2,1H3,(H,28,30)(H,31,32);;;;/q;2*+1;2*-1/t23-,24?;;;;/m1..../s1. The molecule has 0 aliphatic rings. The van der Waals surface area contributed by atoms with Crippen LogP contribution in [0.3, 0.4) is 0 Å². The summed E-state index contributed by atoms with van der Waals surface area (Å²) in [6, 6.07) is 7.23. The van der Waals surface area contributed by atoms with Crippen LogP contribution < -0.4 is 70.2 Å². The second-order valence-electron chi connectivity index (χ2n) is 8.80. The molecule has 2 atom stereocenters. The van der Waals surface area contributed by atoms with Crippen molar-refractivity contribution in [1.29, 1.82) is 0 Å². The maximum Gasteiger partial charge on any atom is 1.00 e. The quantitative estimate of drug-likeness (QED) is 0.104. The number of thiol groups is 1. The predicted molar refractivity (Wildman–Crippen MR) is 139 cm³/mol. The van der Waals surface area contributed by atoms with Gasteiger partial charge in [-0.1, -0.05) is 76.1 Å². The topological polar surface area (TPSA) is 109 Å². The Morgan fingerprint density at radius 1 is 0.971 bits per heavy atom. The van der Waals surface area contributed by atoms with E-state index < -0.39 is 17.9 Å². The number of aryl methyl sites for hydroxylation is 1. The van der Waals surface area contributed by atoms with Crippen LogP contribution in [0.4, 0.5) is 0 Å². The van der Waals surface area contributed by atoms with E-state index in [2.05, 4.69) is 24.9 Å². The molecule has 0 aliphatic carbocycles. The number of amides is 1. The third-order valence-electron chi connectivity index (χ3n) is 5.94. The van der Waals surface area contributed by atoms with Crippen molar-refractivity contribution in [2.45, 2.75) is 95.9 Å². The van der Waals surface area contributed by atoms with Crippen molar-refractivity contribution >= 4 is 30.3 Å². The van der Waals surface area contributed by atoms with Crippen LogP contribution >= 0.6 is 12.6 Å². The summed E-state index contributed by atoms with van der Waals surface area (Å²) in [5, 5.41) is 12.2. The van der Waals surface area contributed by atoms with Gasteiger partial charge in [0.2, 0.25) is 5.91 Å². The number of unbranched alkanes of at least 4 members (excludes halogenated alkanes) is 7. The predicted octanol–water partition coefficient (Wildman–Crippen LogP) is -1.12. The molecule has 0 spiro atoms. The van der Waals surface area contributed by atoms with Gasteiger partial charge in [0.25, 0.3) is 0 Å². The van der Waals surface area contributed by atoms with E-state index in [1.54, 1.807) is 0 Å². The van der Waals surface area contributed by atoms with Crippen LogP contribution in [0, 0.1) is 0 Å². The van der Waals surface area contributed by atoms with Crippen molar-refractivity contribution < 1.29 is 81.5 Å². The third kappa shape index (κ3) is 17.3. The Kier molecular flexibility index (Phi) is 24.8. The zero-order chi connectivity index (χ0) is 24.5. The second-order valence-corrected chi connectivity index (χ2v) is 9.16. The fourth-order valence-corrected chi connectivity index (χ4v) is 3.96. The number of carbonyl (C=O) groups is 3. The Hall–Kier alpha value is 0.140. The van der Waals surface area contributed by atoms with E-state index in [0.717, 1.165) is 12.0 Å². The first-order valence-corrected chi connectivity index (χ1v) is 13.0. The summed E-state index contributed by atoms with van der Waals surface area (Å²) in [4.78, 5) is 35.3. The van der Waals surface area contributed by atoms with Gasteiger partial charge >= 0.3 is 65.1 Å². The Morgan fingerprint density at radius 2 is 1.57 bits per heavy atom. The molecule has 0 heterocycles. The molecule has 4 N–H and O–H groups in total. The molecular weight excluding hydrogens is 482 g/mol. The molecule has 0 aliphatic heterocycles. The van der Waals surface area contributed by atoms with E-state index in [1.807, 2.05) is 24.3 Å². The summed E-state index contributed by atoms with van der Waals surface area (Å²) >= 11 is 3.95. The van der Waals surface area contributed by atoms with E-state index in [1.165, 1.54) is 50.5 Å². The van der Waals surface area contributed by atoms with Crippen molar-refractivity contribution in [3.8, 4) is 0 Å². The second kappa shape index (κ2) is 23.3. The van der Waals surface area contributed by atoms with Crippen LogP contribution in [0.15, 0.2) is 24.3 Å². The van der Waals surface area contributed by atoms with Gasteiger partial charge in [-0.05, 0) is 36.8 Å². The average molecular weight is 527 g/mol. The SMILES string of the molecule is CCCCCCCCCc1ccc([C@@H](CCCCC(=O)CNC(=O)C(N)CS)C(=O)O)cc1.[H-].[H-].[Na+].[Na+]. The number of hydrogen-bond acceptors (Lipinski definition) is 5. The zero-order valence-electron chi connectivity index (χ0n) is 24.1. The summed E-state index contributed by atoms with van der Waals surface area (Å²) in [5.74, 6) is -1.66. The molecular formula is C26H44N2Na2O4S. The van der Waals surface area contributed by atoms with Gasteiger partial charge in [-0.3, -0.25) is 14.4 Å². The van der Waals surface area contributed by atoms with Crippen LogP contribution in [0.2, 0.25) is 0 Å². The number of rotatable bonds is 19. The molecule has 190 valence electrons. The number of benzene rings is 1. The Labute approximate surface area is 264 Å². The molecule has 1 aromatic carbocycles. The van der Waals surface area contributed by atoms with Gasteiger partial charge in [0.15, 0.2) is 5.78 Å². The van der Waals surface area contributed by atoms with Gasteiger partial charge in [-0.2, -0.15) is 12.6 Å². The van der Waals surface area contributed by atoms with Crippen molar-refractivity contribution in [3.63, 3.8) is 0 Å². The first kappa shape index (κ1) is 37.3. The van der Waals surface area contributed by atoms with E-state index in [4.69, 9.17) is 5.73 Å². The maximum absolute atomic E-state index is 11.9. The molecule has 1 unspecified atom stereocenters. The van der Waals surface area contributed by atoms with E-state index >= 15 is 0 Å². The first-order valence-electron chi connectivity index (χ1n) is 12.4. The molecule has 6 nitrogen and oxygen atoms in total. The van der Waals surface area contributed by atoms with Crippen molar-refractivity contribution in [2.75, 3.05) is 12.3 Å². The molecule has 1 aromatic rings. The minimum atomic E-state index is -0.839. The van der Waals surface area contributed by atoms with Crippen LogP contribution in [-0.2, 0) is 20.8 Å². The number of ketones is 1. The number of carboxylic acids is 1. The number of nitrogens with one attached hydrogen (secondary N) is 1. The first-order chi connectivity index (χ1) is 15.9. The molecule has 1 rings (SSSR count). The summed E-state index contributed by atoms with van der Waals surface area (Å²) in [7, 11) is 0. The molecule has 0 saturated heterocycles. The van der Waals surface area contributed by atoms with E-state index in [-0.39, 0.29) is 86.0 Å². The van der Waals surface area contributed by atoms with E-state index in [0.29, 0.717) is 25.7 Å². The van der Waals surface area contributed by atoms with Gasteiger partial charge < -0.3 is 19.0 Å². The van der Waals surface area contributed by atoms with E-state index in [9.17, 15) is 19.5 Å². The monoisotopic (exact) mass is 526 g/mol. The summed E-state index contributed by atoms with van der Waals surface area (Å²) in [5.41, 5.74) is 7.61. The molecule has 35 heavy (non-hydrogen) atoms. The Morgan fingerprint density at radius 3 is 2.14 bits per heavy atom. The molecule has 0 bridgehead atoms. The molecule has 1 amide bonds. The van der Waals surface area contributed by atoms with Crippen LogP contribution in [-0.4, -0.2) is 41.1 Å². The Balaban J connectivity index is -0.00000136. The maximum atomic E-state index is 11.9. The summed E-state index contributed by atoms with van der Waals surface area (Å²) in [6.45, 7) is 2.18. The molecule has 0 aromatic heterocycles. The van der Waals surface area contributed by atoms with Crippen molar-refractivity contribution in [3.05, 3.63) is 35.4 Å². The van der Waals surface area contributed by atoms with Gasteiger partial charge in [0.05, 0.1) is 18.5 Å². The van der Waals surface area contributed by atoms with Gasteiger partial charge in [0.1, 0.15) is 0 Å². The van der Waals surface area contributed by atoms with Crippen LogP contribution in [0.25, 0.3) is 0 Å². The van der Waals surface area contributed by atoms with Gasteiger partial charge in [0, 0.05) is 12.2 Å². The number of nitrogens with two attached hydrogens (primary N) is 1. The minimum absolute atomic E-state index is 0. The number of hydrogen-bond donors (Lipinski definition) is 4. The molecule has 9 heteroatoms. The molecule has 0 radical (unpaired) electrons. The van der Waals surface area contributed by atoms with Crippen molar-refractivity contribution in [1.82, 2.24) is 5.32 Å². The largest absolute Gasteiger partial charge is 1.00 e. The fraction of sp³-hybridized carbons (Fsp3) is 0.654. The molecule has 0 saturated carbocycles. The number of carboxylic acid groups (broad SMARTS) is 1. The number of aliphatic carboxylic acids is 1. The smallest absolute Gasteiger partial charge is 1.00 e. The average Bonchev–Trinajstić information content (AvgIpc) is 2.81. The zero-order valence-corrected chi connectivity index (χ0v) is 27.0. The number of carbonyl (C=O) groups excluding carboxylic acids is 2. The summed E-state index contributed by atoms with van der Waals surface area (Å²) in [6.07, 6.45) is 12.0. The van der Waals surface area contributed by atoms with Crippen LogP contribution in [0.1, 0.15) is 97.5 Å². The Bertz CT molecular complexity index is 731. The van der Waals surface area contributed by atoms with Crippen molar-refractivity contribution in [2.24, 2.45) is 5.73 Å². The summed E-state index contributed by atoms with van der Waals surface area (Å²) < 4.78 is 0. The third-order valence-corrected chi connectivity index (χ3v) is 6.33. The number of Topliss-reactive ketones (excluding diaryl/α,β-unsaturated/α-hetero) is 1. The minimum Gasteiger partial charge on any atom is -1.00 e. The van der Waals surface area contributed by atoms with Gasteiger partial charge in [-0.15, -0.1) is 0 Å².